The fourth-order valence-corrected chi connectivity index (χ4v) is 5.29. The molecule has 0 aromatic heterocycles. The van der Waals surface area contributed by atoms with Crippen LogP contribution in [0.15, 0.2) is 54.6 Å². The van der Waals surface area contributed by atoms with Gasteiger partial charge in [0.25, 0.3) is 0 Å². The lowest BCUT2D eigenvalue weighted by molar-refractivity contribution is 0.111. The molecule has 45 heavy (non-hydrogen) atoms. The number of carbonyl (C=O) groups is 3. The van der Waals surface area contributed by atoms with Crippen molar-refractivity contribution in [3.05, 3.63) is 88.0 Å². The Kier molecular flexibility index (Phi) is 8.60. The van der Waals surface area contributed by atoms with E-state index in [1.165, 1.54) is 0 Å². The number of hydrogen-bond donors (Lipinski definition) is 3. The molecule has 4 aromatic rings. The van der Waals surface area contributed by atoms with Crippen molar-refractivity contribution < 1.29 is 29.7 Å². The summed E-state index contributed by atoms with van der Waals surface area (Å²) >= 11 is 0. The SMILES string of the molecule is CC(C)(C)c1cc(C=O)c(O)c(-c2cc(-c3cc(C(C)(C)C)cc(C=O)c3O)cc(-c3cc(C(C)(C)C)cc(C=O)c3O)c2)c1. The predicted molar refractivity (Wildman–Crippen MR) is 180 cm³/mol. The molecule has 0 saturated heterocycles. The lowest BCUT2D eigenvalue weighted by Crippen LogP contribution is -2.12. The summed E-state index contributed by atoms with van der Waals surface area (Å²) in [5, 5.41) is 33.9. The Morgan fingerprint density at radius 3 is 0.800 bits per heavy atom. The van der Waals surface area contributed by atoms with Gasteiger partial charge in [-0.1, -0.05) is 62.3 Å². The molecule has 0 spiro atoms. The van der Waals surface area contributed by atoms with Crippen molar-refractivity contribution in [3.8, 4) is 50.6 Å². The Bertz CT molecular complexity index is 1600. The molecule has 0 aliphatic rings. The molecule has 0 bridgehead atoms. The molecule has 3 N–H and O–H groups in total. The first-order valence-electron chi connectivity index (χ1n) is 14.9. The first-order chi connectivity index (χ1) is 20.8. The molecule has 0 aliphatic carbocycles. The van der Waals surface area contributed by atoms with Gasteiger partial charge < -0.3 is 15.3 Å². The summed E-state index contributed by atoms with van der Waals surface area (Å²) in [6.45, 7) is 18.1. The van der Waals surface area contributed by atoms with Crippen LogP contribution in [0.4, 0.5) is 0 Å². The first-order valence-corrected chi connectivity index (χ1v) is 14.9. The van der Waals surface area contributed by atoms with Gasteiger partial charge in [0.05, 0.1) is 16.7 Å². The first kappa shape index (κ1) is 33.2. The molecule has 0 radical (unpaired) electrons. The van der Waals surface area contributed by atoms with Crippen LogP contribution in [-0.4, -0.2) is 34.2 Å². The van der Waals surface area contributed by atoms with Gasteiger partial charge in [0.1, 0.15) is 17.2 Å². The molecule has 0 fully saturated rings. The summed E-state index contributed by atoms with van der Waals surface area (Å²) in [6, 6.07) is 15.8. The minimum absolute atomic E-state index is 0.131. The number of aldehydes is 3. The van der Waals surface area contributed by atoms with Crippen molar-refractivity contribution in [2.75, 3.05) is 0 Å². The van der Waals surface area contributed by atoms with Crippen molar-refractivity contribution in [2.45, 2.75) is 78.6 Å². The zero-order chi connectivity index (χ0) is 33.6. The van der Waals surface area contributed by atoms with E-state index >= 15 is 0 Å². The molecule has 234 valence electrons. The third kappa shape index (κ3) is 6.56. The molecule has 0 unspecified atom stereocenters. The average molecular weight is 607 g/mol. The van der Waals surface area contributed by atoms with E-state index < -0.39 is 0 Å². The standard InChI is InChI=1S/C39H42O6/c1-37(2,3)28-13-25(19-40)34(43)31(16-28)22-10-23(32-17-29(38(4,5)6)14-26(20-41)35(32)44)12-24(11-22)33-18-30(39(7,8)9)15-27(21-42)36(33)45/h10-21,43-45H,1-9H3. The summed E-state index contributed by atoms with van der Waals surface area (Å²) < 4.78 is 0. The quantitative estimate of drug-likeness (QED) is 0.189. The number of hydrogen-bond acceptors (Lipinski definition) is 6. The van der Waals surface area contributed by atoms with Crippen LogP contribution in [0.5, 0.6) is 17.2 Å². The van der Waals surface area contributed by atoms with E-state index in [9.17, 15) is 29.7 Å². The largest absolute Gasteiger partial charge is 0.507 e. The third-order valence-corrected chi connectivity index (χ3v) is 8.26. The number of carbonyl (C=O) groups excluding carboxylic acids is 3. The van der Waals surface area contributed by atoms with Gasteiger partial charge in [-0.15, -0.1) is 0 Å². The molecule has 4 aromatic carbocycles. The highest BCUT2D eigenvalue weighted by Gasteiger charge is 2.25. The van der Waals surface area contributed by atoms with Crippen molar-refractivity contribution in [3.63, 3.8) is 0 Å². The molecular formula is C39H42O6. The summed E-state index contributed by atoms with van der Waals surface area (Å²) in [6.07, 6.45) is 1.84. The Hall–Kier alpha value is -4.71. The molecule has 0 amide bonds. The number of rotatable bonds is 6. The Morgan fingerprint density at radius 1 is 0.400 bits per heavy atom. The van der Waals surface area contributed by atoms with Gasteiger partial charge in [-0.3, -0.25) is 14.4 Å². The molecule has 0 atom stereocenters. The van der Waals surface area contributed by atoms with E-state index in [4.69, 9.17) is 0 Å². The summed E-state index contributed by atoms with van der Waals surface area (Å²) in [7, 11) is 0. The minimum Gasteiger partial charge on any atom is -0.507 e. The highest BCUT2D eigenvalue weighted by atomic mass is 16.3. The van der Waals surface area contributed by atoms with Crippen LogP contribution in [0.25, 0.3) is 33.4 Å². The maximum Gasteiger partial charge on any atom is 0.153 e. The van der Waals surface area contributed by atoms with Crippen LogP contribution in [0.3, 0.4) is 0 Å². The Balaban J connectivity index is 2.20. The predicted octanol–water partition coefficient (Wildman–Crippen LogP) is 9.13. The van der Waals surface area contributed by atoms with Crippen LogP contribution >= 0.6 is 0 Å². The highest BCUT2D eigenvalue weighted by Crippen LogP contribution is 2.45. The van der Waals surface area contributed by atoms with Gasteiger partial charge in [-0.2, -0.15) is 0 Å². The van der Waals surface area contributed by atoms with Crippen molar-refractivity contribution in [2.24, 2.45) is 0 Å². The van der Waals surface area contributed by atoms with Gasteiger partial charge in [0, 0.05) is 16.7 Å². The summed E-state index contributed by atoms with van der Waals surface area (Å²) in [5.74, 6) is -0.615. The zero-order valence-corrected chi connectivity index (χ0v) is 27.5. The molecule has 6 heteroatoms. The lowest BCUT2D eigenvalue weighted by Gasteiger charge is -2.24. The number of phenolic OH excluding ortho intramolecular Hbond substituents is 3. The molecule has 0 aliphatic heterocycles. The molecule has 6 nitrogen and oxygen atoms in total. The highest BCUT2D eigenvalue weighted by molar-refractivity contribution is 5.94. The van der Waals surface area contributed by atoms with Crippen LogP contribution in [0, 0.1) is 0 Å². The Morgan fingerprint density at radius 2 is 0.622 bits per heavy atom. The van der Waals surface area contributed by atoms with E-state index in [2.05, 4.69) is 0 Å². The fraction of sp³-hybridized carbons (Fsp3) is 0.308. The smallest absolute Gasteiger partial charge is 0.153 e. The van der Waals surface area contributed by atoms with E-state index in [-0.39, 0.29) is 50.2 Å². The summed E-state index contributed by atoms with van der Waals surface area (Å²) in [4.78, 5) is 36.2. The molecule has 0 saturated carbocycles. The van der Waals surface area contributed by atoms with Crippen molar-refractivity contribution in [1.82, 2.24) is 0 Å². The average Bonchev–Trinajstić information content (AvgIpc) is 2.95. The zero-order valence-electron chi connectivity index (χ0n) is 27.5. The van der Waals surface area contributed by atoms with Gasteiger partial charge in [-0.25, -0.2) is 0 Å². The normalized spacial score (nSPS) is 12.2. The van der Waals surface area contributed by atoms with Gasteiger partial charge in [-0.05, 0) is 104 Å². The monoisotopic (exact) mass is 606 g/mol. The van der Waals surface area contributed by atoms with Crippen molar-refractivity contribution >= 4 is 18.9 Å². The van der Waals surface area contributed by atoms with Gasteiger partial charge in [0.2, 0.25) is 0 Å². The van der Waals surface area contributed by atoms with Gasteiger partial charge >= 0.3 is 0 Å². The second kappa shape index (κ2) is 11.7. The topological polar surface area (TPSA) is 112 Å². The Labute approximate surface area is 265 Å². The third-order valence-electron chi connectivity index (χ3n) is 8.26. The fourth-order valence-electron chi connectivity index (χ4n) is 5.29. The lowest BCUT2D eigenvalue weighted by atomic mass is 9.81. The van der Waals surface area contributed by atoms with Crippen LogP contribution in [-0.2, 0) is 16.2 Å². The van der Waals surface area contributed by atoms with Gasteiger partial charge in [0.15, 0.2) is 18.9 Å². The molecular weight excluding hydrogens is 564 g/mol. The van der Waals surface area contributed by atoms with Crippen LogP contribution < -0.4 is 0 Å². The number of aromatic hydroxyl groups is 3. The van der Waals surface area contributed by atoms with E-state index in [1.807, 2.05) is 80.5 Å². The second-order valence-corrected chi connectivity index (χ2v) is 14.8. The van der Waals surface area contributed by atoms with E-state index in [0.717, 1.165) is 16.7 Å². The molecule has 4 rings (SSSR count). The minimum atomic E-state index is -0.350. The van der Waals surface area contributed by atoms with Crippen LogP contribution in [0.2, 0.25) is 0 Å². The van der Waals surface area contributed by atoms with E-state index in [0.29, 0.717) is 52.2 Å². The maximum absolute atomic E-state index is 12.1. The number of phenols is 3. The van der Waals surface area contributed by atoms with E-state index in [1.54, 1.807) is 36.4 Å². The van der Waals surface area contributed by atoms with Crippen LogP contribution in [0.1, 0.15) is 110 Å². The van der Waals surface area contributed by atoms with Crippen molar-refractivity contribution in [1.29, 1.82) is 0 Å². The second-order valence-electron chi connectivity index (χ2n) is 14.8. The maximum atomic E-state index is 12.1. The molecule has 0 heterocycles. The number of benzene rings is 4. The summed E-state index contributed by atoms with van der Waals surface area (Å²) in [5.41, 5.74) is 4.50.